The normalized spacial score (nSPS) is 12.2. The summed E-state index contributed by atoms with van der Waals surface area (Å²) >= 11 is 6.09. The van der Waals surface area contributed by atoms with Crippen LogP contribution < -0.4 is 19.1 Å². The molecular formula is C19H23ClN2O5S. The number of nitrogens with one attached hydrogen (secondary N) is 1. The van der Waals surface area contributed by atoms with E-state index in [0.29, 0.717) is 22.2 Å². The van der Waals surface area contributed by atoms with Gasteiger partial charge in [0.1, 0.15) is 17.5 Å². The smallest absolute Gasteiger partial charge is 0.247 e. The van der Waals surface area contributed by atoms with Crippen molar-refractivity contribution in [3.63, 3.8) is 0 Å². The number of rotatable bonds is 7. The molecule has 0 fully saturated rings. The first kappa shape index (κ1) is 21.8. The predicted molar refractivity (Wildman–Crippen MR) is 111 cm³/mol. The van der Waals surface area contributed by atoms with Crippen molar-refractivity contribution in [2.75, 3.05) is 30.1 Å². The maximum Gasteiger partial charge on any atom is 0.247 e. The molecule has 2 rings (SSSR count). The zero-order valence-electron chi connectivity index (χ0n) is 16.3. The summed E-state index contributed by atoms with van der Waals surface area (Å²) in [5, 5.41) is 3.20. The monoisotopic (exact) mass is 426 g/mol. The second-order valence-electron chi connectivity index (χ2n) is 6.23. The summed E-state index contributed by atoms with van der Waals surface area (Å²) in [6, 6.07) is 8.74. The van der Waals surface area contributed by atoms with Gasteiger partial charge in [0.05, 0.1) is 26.2 Å². The van der Waals surface area contributed by atoms with E-state index >= 15 is 0 Å². The standard InChI is InChI=1S/C19H23ClN2O5S/c1-12-6-7-14(10-16(12)20)21-19(23)13(2)22(28(5,24)25)17-11-15(26-3)8-9-18(17)27-4/h6-11,13H,1-5H3,(H,21,23)/t13-/m0/s1. The van der Waals surface area contributed by atoms with Crippen molar-refractivity contribution in [1.29, 1.82) is 0 Å². The first-order valence-electron chi connectivity index (χ1n) is 8.37. The van der Waals surface area contributed by atoms with Gasteiger partial charge < -0.3 is 14.8 Å². The average molecular weight is 427 g/mol. The molecule has 1 amide bonds. The number of ether oxygens (including phenoxy) is 2. The third-order valence-electron chi connectivity index (χ3n) is 4.15. The van der Waals surface area contributed by atoms with Crippen molar-refractivity contribution in [1.82, 2.24) is 0 Å². The number of carbonyl (C=O) groups excluding carboxylic acids is 1. The third kappa shape index (κ3) is 4.88. The van der Waals surface area contributed by atoms with Crippen LogP contribution in [-0.2, 0) is 14.8 Å². The van der Waals surface area contributed by atoms with Gasteiger partial charge >= 0.3 is 0 Å². The Morgan fingerprint density at radius 3 is 2.36 bits per heavy atom. The van der Waals surface area contributed by atoms with Gasteiger partial charge in [-0.2, -0.15) is 0 Å². The molecule has 7 nitrogen and oxygen atoms in total. The summed E-state index contributed by atoms with van der Waals surface area (Å²) in [7, 11) is -0.929. The number of carbonyl (C=O) groups is 1. The second-order valence-corrected chi connectivity index (χ2v) is 8.49. The predicted octanol–water partition coefficient (Wildman–Crippen LogP) is 3.46. The third-order valence-corrected chi connectivity index (χ3v) is 5.79. The fourth-order valence-corrected chi connectivity index (χ4v) is 4.02. The SMILES string of the molecule is COc1ccc(OC)c(N([C@@H](C)C(=O)Nc2ccc(C)c(Cl)c2)S(C)(=O)=O)c1. The minimum absolute atomic E-state index is 0.203. The summed E-state index contributed by atoms with van der Waals surface area (Å²) in [4.78, 5) is 12.8. The number of nitrogens with zero attached hydrogens (tertiary/aromatic N) is 1. The number of hydrogen-bond acceptors (Lipinski definition) is 5. The van der Waals surface area contributed by atoms with E-state index in [2.05, 4.69) is 5.32 Å². The summed E-state index contributed by atoms with van der Waals surface area (Å²) in [6.07, 6.45) is 1.03. The highest BCUT2D eigenvalue weighted by Gasteiger charge is 2.31. The zero-order valence-corrected chi connectivity index (χ0v) is 17.9. The molecule has 0 saturated carbocycles. The van der Waals surface area contributed by atoms with Crippen molar-refractivity contribution < 1.29 is 22.7 Å². The van der Waals surface area contributed by atoms with Crippen LogP contribution in [0.5, 0.6) is 11.5 Å². The molecule has 0 aliphatic heterocycles. The van der Waals surface area contributed by atoms with Gasteiger partial charge in [0, 0.05) is 16.8 Å². The highest BCUT2D eigenvalue weighted by atomic mass is 35.5. The summed E-state index contributed by atoms with van der Waals surface area (Å²) in [5.41, 5.74) is 1.54. The Kier molecular flexibility index (Phi) is 6.79. The molecule has 0 radical (unpaired) electrons. The molecule has 0 spiro atoms. The Hall–Kier alpha value is -2.45. The van der Waals surface area contributed by atoms with Crippen molar-refractivity contribution in [2.45, 2.75) is 19.9 Å². The van der Waals surface area contributed by atoms with E-state index in [0.717, 1.165) is 16.1 Å². The summed E-state index contributed by atoms with van der Waals surface area (Å²) in [6.45, 7) is 3.34. The van der Waals surface area contributed by atoms with Crippen molar-refractivity contribution in [3.05, 3.63) is 47.0 Å². The Balaban J connectivity index is 2.43. The van der Waals surface area contributed by atoms with Gasteiger partial charge in [-0.15, -0.1) is 0 Å². The Labute approximate surface area is 170 Å². The first-order chi connectivity index (χ1) is 13.1. The largest absolute Gasteiger partial charge is 0.497 e. The number of sulfonamides is 1. The number of amides is 1. The van der Waals surface area contributed by atoms with Crippen LogP contribution in [0.2, 0.25) is 5.02 Å². The summed E-state index contributed by atoms with van der Waals surface area (Å²) in [5.74, 6) is 0.210. The number of anilines is 2. The molecule has 1 N–H and O–H groups in total. The number of hydrogen-bond donors (Lipinski definition) is 1. The van der Waals surface area contributed by atoms with E-state index in [9.17, 15) is 13.2 Å². The van der Waals surface area contributed by atoms with Crippen LogP contribution in [0, 0.1) is 6.92 Å². The Morgan fingerprint density at radius 1 is 1.14 bits per heavy atom. The highest BCUT2D eigenvalue weighted by Crippen LogP contribution is 2.35. The van der Waals surface area contributed by atoms with Crippen molar-refractivity contribution in [3.8, 4) is 11.5 Å². The lowest BCUT2D eigenvalue weighted by atomic mass is 10.2. The molecule has 2 aromatic carbocycles. The van der Waals surface area contributed by atoms with Gasteiger partial charge in [-0.05, 0) is 43.7 Å². The minimum Gasteiger partial charge on any atom is -0.497 e. The molecule has 152 valence electrons. The quantitative estimate of drug-likeness (QED) is 0.732. The minimum atomic E-state index is -3.82. The molecule has 0 unspecified atom stereocenters. The molecule has 1 atom stereocenters. The number of benzene rings is 2. The molecule has 0 aliphatic carbocycles. The lowest BCUT2D eigenvalue weighted by Gasteiger charge is -2.29. The van der Waals surface area contributed by atoms with Gasteiger partial charge in [0.25, 0.3) is 0 Å². The molecular weight excluding hydrogens is 404 g/mol. The van der Waals surface area contributed by atoms with Crippen LogP contribution in [0.25, 0.3) is 0 Å². The lowest BCUT2D eigenvalue weighted by molar-refractivity contribution is -0.116. The van der Waals surface area contributed by atoms with E-state index in [1.165, 1.54) is 27.2 Å². The van der Waals surface area contributed by atoms with E-state index in [1.54, 1.807) is 30.3 Å². The van der Waals surface area contributed by atoms with Gasteiger partial charge in [0.2, 0.25) is 15.9 Å². The lowest BCUT2D eigenvalue weighted by Crippen LogP contribution is -2.45. The number of halogens is 1. The van der Waals surface area contributed by atoms with Crippen molar-refractivity contribution >= 4 is 38.9 Å². The topological polar surface area (TPSA) is 84.9 Å². The van der Waals surface area contributed by atoms with Gasteiger partial charge in [-0.3, -0.25) is 9.10 Å². The molecule has 28 heavy (non-hydrogen) atoms. The molecule has 0 saturated heterocycles. The zero-order chi connectivity index (χ0) is 21.1. The fourth-order valence-electron chi connectivity index (χ4n) is 2.67. The first-order valence-corrected chi connectivity index (χ1v) is 10.6. The summed E-state index contributed by atoms with van der Waals surface area (Å²) < 4.78 is 36.5. The van der Waals surface area contributed by atoms with Crippen LogP contribution in [-0.4, -0.2) is 40.8 Å². The van der Waals surface area contributed by atoms with E-state index in [4.69, 9.17) is 21.1 Å². The van der Waals surface area contributed by atoms with E-state index in [-0.39, 0.29) is 5.69 Å². The maximum atomic E-state index is 12.8. The Morgan fingerprint density at radius 2 is 1.82 bits per heavy atom. The van der Waals surface area contributed by atoms with Crippen LogP contribution >= 0.6 is 11.6 Å². The molecule has 2 aromatic rings. The van der Waals surface area contributed by atoms with Crippen molar-refractivity contribution in [2.24, 2.45) is 0 Å². The Bertz CT molecular complexity index is 978. The van der Waals surface area contributed by atoms with Crippen LogP contribution in [0.4, 0.5) is 11.4 Å². The van der Waals surface area contributed by atoms with Gasteiger partial charge in [-0.1, -0.05) is 17.7 Å². The van der Waals surface area contributed by atoms with Crippen LogP contribution in [0.3, 0.4) is 0 Å². The molecule has 0 aromatic heterocycles. The second kappa shape index (κ2) is 8.70. The van der Waals surface area contributed by atoms with Crippen LogP contribution in [0.1, 0.15) is 12.5 Å². The fraction of sp³-hybridized carbons (Fsp3) is 0.316. The molecule has 9 heteroatoms. The average Bonchev–Trinajstić information content (AvgIpc) is 2.63. The molecule has 0 bridgehead atoms. The highest BCUT2D eigenvalue weighted by molar-refractivity contribution is 7.92. The number of methoxy groups -OCH3 is 2. The van der Waals surface area contributed by atoms with Gasteiger partial charge in [-0.25, -0.2) is 8.42 Å². The van der Waals surface area contributed by atoms with E-state index < -0.39 is 22.0 Å². The molecule has 0 heterocycles. The molecule has 0 aliphatic rings. The van der Waals surface area contributed by atoms with Gasteiger partial charge in [0.15, 0.2) is 0 Å². The van der Waals surface area contributed by atoms with E-state index in [1.807, 2.05) is 6.92 Å². The number of aryl methyl sites for hydroxylation is 1. The maximum absolute atomic E-state index is 12.8. The van der Waals surface area contributed by atoms with Crippen LogP contribution in [0.15, 0.2) is 36.4 Å².